The highest BCUT2D eigenvalue weighted by Gasteiger charge is 2.34. The van der Waals surface area contributed by atoms with E-state index in [1.165, 1.54) is 12.1 Å². The molecule has 2 aromatic carbocycles. The number of para-hydroxylation sites is 1. The first-order chi connectivity index (χ1) is 16.8. The highest BCUT2D eigenvalue weighted by molar-refractivity contribution is 5.97. The number of piperidine rings is 2. The van der Waals surface area contributed by atoms with Crippen molar-refractivity contribution >= 4 is 11.8 Å². The number of ether oxygens (including phenoxy) is 2. The zero-order chi connectivity index (χ0) is 24.9. The number of likely N-dealkylation sites (tertiary alicyclic amines) is 2. The van der Waals surface area contributed by atoms with Gasteiger partial charge >= 0.3 is 6.61 Å². The van der Waals surface area contributed by atoms with E-state index in [1.807, 2.05) is 24.8 Å². The molecule has 2 saturated heterocycles. The molecule has 2 fully saturated rings. The average Bonchev–Trinajstić information content (AvgIpc) is 2.86. The molecule has 0 aromatic heterocycles. The van der Waals surface area contributed by atoms with Crippen LogP contribution >= 0.6 is 0 Å². The van der Waals surface area contributed by atoms with E-state index in [0.717, 1.165) is 29.7 Å². The monoisotopic (exact) mass is 486 g/mol. The molecule has 2 amide bonds. The SMILES string of the molecule is Cc1ccc(C)c(OC2CCN(C(=O)C3CCCN(C(=O)c4ccccc4OC(F)F)C3)CC2)c1. The maximum atomic E-state index is 13.3. The van der Waals surface area contributed by atoms with Gasteiger partial charge in [0.05, 0.1) is 11.5 Å². The second kappa shape index (κ2) is 11.1. The third kappa shape index (κ3) is 6.10. The fourth-order valence-corrected chi connectivity index (χ4v) is 4.84. The lowest BCUT2D eigenvalue weighted by Crippen LogP contribution is -2.49. The number of carbonyl (C=O) groups is 2. The molecule has 2 heterocycles. The van der Waals surface area contributed by atoms with E-state index < -0.39 is 6.61 Å². The Balaban J connectivity index is 1.34. The van der Waals surface area contributed by atoms with E-state index in [4.69, 9.17) is 4.74 Å². The summed E-state index contributed by atoms with van der Waals surface area (Å²) in [4.78, 5) is 29.8. The fraction of sp³-hybridized carbons (Fsp3) is 0.481. The molecule has 1 atom stereocenters. The molecule has 0 radical (unpaired) electrons. The number of hydrogen-bond acceptors (Lipinski definition) is 4. The van der Waals surface area contributed by atoms with Crippen LogP contribution in [0.4, 0.5) is 8.78 Å². The van der Waals surface area contributed by atoms with E-state index in [9.17, 15) is 18.4 Å². The number of halogens is 2. The summed E-state index contributed by atoms with van der Waals surface area (Å²) >= 11 is 0. The predicted octanol–water partition coefficient (Wildman–Crippen LogP) is 4.83. The summed E-state index contributed by atoms with van der Waals surface area (Å²) < 4.78 is 36.3. The van der Waals surface area contributed by atoms with Gasteiger partial charge in [-0.25, -0.2) is 0 Å². The summed E-state index contributed by atoms with van der Waals surface area (Å²) in [6.07, 6.45) is 2.97. The average molecular weight is 487 g/mol. The molecule has 6 nitrogen and oxygen atoms in total. The molecule has 0 saturated carbocycles. The van der Waals surface area contributed by atoms with E-state index in [-0.39, 0.29) is 41.7 Å². The first-order valence-corrected chi connectivity index (χ1v) is 12.2. The molecule has 0 spiro atoms. The van der Waals surface area contributed by atoms with Crippen molar-refractivity contribution < 1.29 is 27.8 Å². The van der Waals surface area contributed by atoms with Crippen molar-refractivity contribution in [2.24, 2.45) is 5.92 Å². The van der Waals surface area contributed by atoms with Crippen molar-refractivity contribution in [1.29, 1.82) is 0 Å². The molecule has 2 aliphatic rings. The summed E-state index contributed by atoms with van der Waals surface area (Å²) in [6.45, 7) is 3.05. The summed E-state index contributed by atoms with van der Waals surface area (Å²) in [5, 5.41) is 0. The molecule has 188 valence electrons. The van der Waals surface area contributed by atoms with Gasteiger partial charge in [-0.15, -0.1) is 0 Å². The van der Waals surface area contributed by atoms with Crippen LogP contribution in [0.1, 0.15) is 47.2 Å². The molecule has 0 N–H and O–H groups in total. The van der Waals surface area contributed by atoms with Gasteiger partial charge in [0.15, 0.2) is 0 Å². The largest absolute Gasteiger partial charge is 0.490 e. The molecular weight excluding hydrogens is 454 g/mol. The third-order valence-electron chi connectivity index (χ3n) is 6.78. The van der Waals surface area contributed by atoms with Crippen molar-refractivity contribution in [3.8, 4) is 11.5 Å². The molecule has 0 aliphatic carbocycles. The maximum absolute atomic E-state index is 13.3. The minimum atomic E-state index is -3.01. The van der Waals surface area contributed by atoms with Crippen molar-refractivity contribution in [1.82, 2.24) is 9.80 Å². The van der Waals surface area contributed by atoms with Crippen molar-refractivity contribution in [2.45, 2.75) is 52.2 Å². The molecule has 2 aromatic rings. The van der Waals surface area contributed by atoms with Crippen molar-refractivity contribution in [3.05, 3.63) is 59.2 Å². The van der Waals surface area contributed by atoms with Gasteiger partial charge in [0, 0.05) is 39.0 Å². The standard InChI is InChI=1S/C27H32F2N2O4/c1-18-9-10-19(2)24(16-18)34-21-11-14-30(15-12-21)25(32)20-6-5-13-31(17-20)26(33)22-7-3-4-8-23(22)35-27(28)29/h3-4,7-10,16,20-21,27H,5-6,11-15,17H2,1-2H3. The van der Waals surface area contributed by atoms with Crippen LogP contribution in [0, 0.1) is 19.8 Å². The Labute approximate surface area is 204 Å². The topological polar surface area (TPSA) is 59.1 Å². The van der Waals surface area contributed by atoms with Crippen molar-refractivity contribution in [3.63, 3.8) is 0 Å². The second-order valence-electron chi connectivity index (χ2n) is 9.38. The van der Waals surface area contributed by atoms with Crippen LogP contribution in [0.5, 0.6) is 11.5 Å². The lowest BCUT2D eigenvalue weighted by Gasteiger charge is -2.38. The van der Waals surface area contributed by atoms with E-state index in [0.29, 0.717) is 32.5 Å². The zero-order valence-electron chi connectivity index (χ0n) is 20.2. The fourth-order valence-electron chi connectivity index (χ4n) is 4.84. The van der Waals surface area contributed by atoms with Crippen molar-refractivity contribution in [2.75, 3.05) is 26.2 Å². The van der Waals surface area contributed by atoms with Crippen LogP contribution in [0.15, 0.2) is 42.5 Å². The minimum Gasteiger partial charge on any atom is -0.490 e. The summed E-state index contributed by atoms with van der Waals surface area (Å²) in [5.74, 6) is 0.107. The van der Waals surface area contributed by atoms with Gasteiger partial charge < -0.3 is 19.3 Å². The Morgan fingerprint density at radius 3 is 2.43 bits per heavy atom. The molecule has 8 heteroatoms. The Hall–Kier alpha value is -3.16. The van der Waals surface area contributed by atoms with Crippen LogP contribution in [0.2, 0.25) is 0 Å². The Morgan fingerprint density at radius 2 is 1.69 bits per heavy atom. The van der Waals surface area contributed by atoms with Crippen LogP contribution in [-0.4, -0.2) is 60.5 Å². The van der Waals surface area contributed by atoms with E-state index in [2.05, 4.69) is 16.9 Å². The number of rotatable bonds is 6. The number of hydrogen-bond donors (Lipinski definition) is 0. The summed E-state index contributed by atoms with van der Waals surface area (Å²) in [5.41, 5.74) is 2.34. The highest BCUT2D eigenvalue weighted by atomic mass is 19.3. The smallest absolute Gasteiger partial charge is 0.387 e. The Kier molecular flexibility index (Phi) is 7.88. The van der Waals surface area contributed by atoms with Gasteiger partial charge in [-0.2, -0.15) is 8.78 Å². The van der Waals surface area contributed by atoms with Crippen LogP contribution in [0.25, 0.3) is 0 Å². The lowest BCUT2D eigenvalue weighted by atomic mass is 9.94. The van der Waals surface area contributed by atoms with Gasteiger partial charge in [0.2, 0.25) is 5.91 Å². The van der Waals surface area contributed by atoms with Gasteiger partial charge in [-0.3, -0.25) is 9.59 Å². The first-order valence-electron chi connectivity index (χ1n) is 12.2. The maximum Gasteiger partial charge on any atom is 0.387 e. The van der Waals surface area contributed by atoms with Crippen LogP contribution in [-0.2, 0) is 4.79 Å². The van der Waals surface area contributed by atoms with E-state index >= 15 is 0 Å². The quantitative estimate of drug-likeness (QED) is 0.587. The molecule has 1 unspecified atom stereocenters. The van der Waals surface area contributed by atoms with Gasteiger partial charge in [0.25, 0.3) is 5.91 Å². The number of nitrogens with zero attached hydrogens (tertiary/aromatic N) is 2. The van der Waals surface area contributed by atoms with Gasteiger partial charge in [0.1, 0.15) is 17.6 Å². The first kappa shape index (κ1) is 24.9. The Morgan fingerprint density at radius 1 is 0.943 bits per heavy atom. The van der Waals surface area contributed by atoms with Gasteiger partial charge in [-0.1, -0.05) is 24.3 Å². The summed E-state index contributed by atoms with van der Waals surface area (Å²) in [7, 11) is 0. The van der Waals surface area contributed by atoms with Crippen LogP contribution in [0.3, 0.4) is 0 Å². The lowest BCUT2D eigenvalue weighted by molar-refractivity contribution is -0.138. The van der Waals surface area contributed by atoms with E-state index in [1.54, 1.807) is 17.0 Å². The second-order valence-corrected chi connectivity index (χ2v) is 9.38. The summed E-state index contributed by atoms with van der Waals surface area (Å²) in [6, 6.07) is 12.2. The zero-order valence-corrected chi connectivity index (χ0v) is 20.2. The normalized spacial score (nSPS) is 19.1. The molecular formula is C27H32F2N2O4. The Bertz CT molecular complexity index is 1050. The minimum absolute atomic E-state index is 0.0461. The molecule has 2 aliphatic heterocycles. The number of carbonyl (C=O) groups excluding carboxylic acids is 2. The number of amides is 2. The predicted molar refractivity (Wildman–Crippen MR) is 128 cm³/mol. The van der Waals surface area contributed by atoms with Crippen LogP contribution < -0.4 is 9.47 Å². The molecule has 0 bridgehead atoms. The number of alkyl halides is 2. The number of aryl methyl sites for hydroxylation is 2. The molecule has 4 rings (SSSR count). The highest BCUT2D eigenvalue weighted by Crippen LogP contribution is 2.28. The number of benzene rings is 2. The third-order valence-corrected chi connectivity index (χ3v) is 6.78. The molecule has 35 heavy (non-hydrogen) atoms. The van der Waals surface area contributed by atoms with Gasteiger partial charge in [-0.05, 0) is 56.0 Å².